The molecule has 2 aromatic rings. The van der Waals surface area contributed by atoms with Gasteiger partial charge in [-0.25, -0.2) is 13.8 Å². The van der Waals surface area contributed by atoms with E-state index in [1.807, 2.05) is 0 Å². The van der Waals surface area contributed by atoms with E-state index in [4.69, 9.17) is 10.5 Å². The maximum Gasteiger partial charge on any atom is 0.165 e. The summed E-state index contributed by atoms with van der Waals surface area (Å²) >= 11 is 0. The largest absolute Gasteiger partial charge is 0.494 e. The Kier molecular flexibility index (Phi) is 4.11. The molecule has 0 atom stereocenters. The Morgan fingerprint density at radius 1 is 1.32 bits per heavy atom. The predicted molar refractivity (Wildman–Crippen MR) is 67.9 cm³/mol. The molecule has 1 heterocycles. The first-order valence-corrected chi connectivity index (χ1v) is 5.93. The van der Waals surface area contributed by atoms with Gasteiger partial charge in [0.25, 0.3) is 0 Å². The van der Waals surface area contributed by atoms with Crippen molar-refractivity contribution in [3.63, 3.8) is 0 Å². The molecule has 0 aliphatic rings. The van der Waals surface area contributed by atoms with E-state index in [1.165, 1.54) is 13.3 Å². The topological polar surface area (TPSA) is 63.9 Å². The highest BCUT2D eigenvalue weighted by Gasteiger charge is 2.13. The molecule has 0 saturated heterocycles. The molecule has 2 rings (SSSR count). The summed E-state index contributed by atoms with van der Waals surface area (Å²) in [5.74, 6) is -0.593. The third-order valence-corrected chi connectivity index (χ3v) is 2.78. The molecule has 0 radical (unpaired) electrons. The van der Waals surface area contributed by atoms with Crippen molar-refractivity contribution in [2.24, 2.45) is 5.73 Å². The molecular formula is C13H15F2N3O. The Hall–Kier alpha value is -1.95. The van der Waals surface area contributed by atoms with Crippen LogP contribution in [-0.2, 0) is 6.42 Å². The van der Waals surface area contributed by atoms with Crippen LogP contribution in [0.3, 0.4) is 0 Å². The fraction of sp³-hybridized carbons (Fsp3) is 0.308. The van der Waals surface area contributed by atoms with Crippen LogP contribution in [0.25, 0.3) is 11.3 Å². The lowest BCUT2D eigenvalue weighted by Gasteiger charge is -2.05. The monoisotopic (exact) mass is 267 g/mol. The molecule has 0 aliphatic carbocycles. The molecule has 0 unspecified atom stereocenters. The number of hydrogen-bond acceptors (Lipinski definition) is 3. The van der Waals surface area contributed by atoms with Gasteiger partial charge in [0.2, 0.25) is 0 Å². The molecule has 0 saturated carbocycles. The van der Waals surface area contributed by atoms with Gasteiger partial charge in [-0.1, -0.05) is 0 Å². The Balaban J connectivity index is 2.31. The minimum atomic E-state index is -0.614. The van der Waals surface area contributed by atoms with Gasteiger partial charge < -0.3 is 15.5 Å². The number of aromatic amines is 1. The second-order valence-corrected chi connectivity index (χ2v) is 4.10. The highest BCUT2D eigenvalue weighted by atomic mass is 19.1. The number of aryl methyl sites for hydroxylation is 1. The average Bonchev–Trinajstić information content (AvgIpc) is 2.87. The van der Waals surface area contributed by atoms with Gasteiger partial charge in [0.05, 0.1) is 19.0 Å². The van der Waals surface area contributed by atoms with Gasteiger partial charge in [0.1, 0.15) is 11.6 Å². The van der Waals surface area contributed by atoms with Crippen molar-refractivity contribution in [1.29, 1.82) is 0 Å². The van der Waals surface area contributed by atoms with E-state index in [9.17, 15) is 8.78 Å². The molecule has 0 bridgehead atoms. The van der Waals surface area contributed by atoms with Crippen LogP contribution >= 0.6 is 0 Å². The smallest absolute Gasteiger partial charge is 0.165 e. The van der Waals surface area contributed by atoms with Crippen LogP contribution in [0.4, 0.5) is 8.78 Å². The minimum absolute atomic E-state index is 0.121. The first-order valence-electron chi connectivity index (χ1n) is 5.93. The highest BCUT2D eigenvalue weighted by Crippen LogP contribution is 2.27. The number of halogens is 2. The van der Waals surface area contributed by atoms with Gasteiger partial charge in [0, 0.05) is 18.1 Å². The van der Waals surface area contributed by atoms with E-state index >= 15 is 0 Å². The van der Waals surface area contributed by atoms with Gasteiger partial charge in [-0.3, -0.25) is 0 Å². The van der Waals surface area contributed by atoms with Crippen molar-refractivity contribution in [3.8, 4) is 17.0 Å². The fourth-order valence-electron chi connectivity index (χ4n) is 1.79. The van der Waals surface area contributed by atoms with Crippen molar-refractivity contribution in [3.05, 3.63) is 35.8 Å². The Bertz CT molecular complexity index is 569. The van der Waals surface area contributed by atoms with Crippen molar-refractivity contribution in [2.45, 2.75) is 12.8 Å². The molecular weight excluding hydrogens is 252 g/mol. The summed E-state index contributed by atoms with van der Waals surface area (Å²) in [6.07, 6.45) is 2.94. The van der Waals surface area contributed by atoms with Crippen molar-refractivity contribution in [1.82, 2.24) is 9.97 Å². The number of hydrogen-bond donors (Lipinski definition) is 2. The molecule has 0 amide bonds. The van der Waals surface area contributed by atoms with E-state index in [0.717, 1.165) is 18.6 Å². The number of benzene rings is 1. The number of ether oxygens (including phenoxy) is 1. The van der Waals surface area contributed by atoms with Crippen molar-refractivity contribution < 1.29 is 13.5 Å². The number of methoxy groups -OCH3 is 1. The zero-order chi connectivity index (χ0) is 13.8. The number of nitrogens with two attached hydrogens (primary N) is 1. The number of nitrogens with zero attached hydrogens (tertiary/aromatic N) is 1. The van der Waals surface area contributed by atoms with E-state index in [0.29, 0.717) is 24.5 Å². The predicted octanol–water partition coefficient (Wildman–Crippen LogP) is 2.25. The maximum absolute atomic E-state index is 13.8. The van der Waals surface area contributed by atoms with Gasteiger partial charge in [-0.2, -0.15) is 0 Å². The van der Waals surface area contributed by atoms with E-state index < -0.39 is 11.6 Å². The van der Waals surface area contributed by atoms with Crippen LogP contribution in [0.15, 0.2) is 18.3 Å². The second kappa shape index (κ2) is 5.79. The van der Waals surface area contributed by atoms with Crippen LogP contribution in [-0.4, -0.2) is 23.6 Å². The average molecular weight is 267 g/mol. The first kappa shape index (κ1) is 13.5. The third kappa shape index (κ3) is 2.90. The Labute approximate surface area is 109 Å². The van der Waals surface area contributed by atoms with Crippen LogP contribution < -0.4 is 10.5 Å². The minimum Gasteiger partial charge on any atom is -0.494 e. The normalized spacial score (nSPS) is 10.7. The zero-order valence-electron chi connectivity index (χ0n) is 10.5. The van der Waals surface area contributed by atoms with E-state index in [2.05, 4.69) is 9.97 Å². The van der Waals surface area contributed by atoms with Crippen molar-refractivity contribution >= 4 is 0 Å². The van der Waals surface area contributed by atoms with Gasteiger partial charge >= 0.3 is 0 Å². The summed E-state index contributed by atoms with van der Waals surface area (Å²) < 4.78 is 32.2. The summed E-state index contributed by atoms with van der Waals surface area (Å²) in [4.78, 5) is 7.07. The SMILES string of the molecule is COc1cc(F)c(-c2cnc(CCCN)[nH]2)cc1F. The molecule has 19 heavy (non-hydrogen) atoms. The molecule has 1 aromatic heterocycles. The number of H-pyrrole nitrogens is 1. The molecule has 6 heteroatoms. The number of rotatable bonds is 5. The van der Waals surface area contributed by atoms with Crippen LogP contribution in [0, 0.1) is 11.6 Å². The summed E-state index contributed by atoms with van der Waals surface area (Å²) in [7, 11) is 1.29. The van der Waals surface area contributed by atoms with Crippen LogP contribution in [0.1, 0.15) is 12.2 Å². The first-order chi connectivity index (χ1) is 9.15. The summed E-state index contributed by atoms with van der Waals surface area (Å²) in [5, 5.41) is 0. The maximum atomic E-state index is 13.8. The molecule has 3 N–H and O–H groups in total. The molecule has 0 aliphatic heterocycles. The standard InChI is InChI=1S/C13H15F2N3O/c1-19-12-6-9(14)8(5-10(12)15)11-7-17-13(18-11)3-2-4-16/h5-7H,2-4,16H2,1H3,(H,17,18). The lowest BCUT2D eigenvalue weighted by molar-refractivity contribution is 0.383. The number of imidazole rings is 1. The molecule has 102 valence electrons. The lowest BCUT2D eigenvalue weighted by Crippen LogP contribution is -2.01. The highest BCUT2D eigenvalue weighted by molar-refractivity contribution is 5.61. The number of nitrogens with one attached hydrogen (secondary N) is 1. The molecule has 4 nitrogen and oxygen atoms in total. The Morgan fingerprint density at radius 2 is 2.11 bits per heavy atom. The van der Waals surface area contributed by atoms with Gasteiger partial charge in [-0.05, 0) is 19.0 Å². The second-order valence-electron chi connectivity index (χ2n) is 4.10. The van der Waals surface area contributed by atoms with Crippen LogP contribution in [0.5, 0.6) is 5.75 Å². The van der Waals surface area contributed by atoms with E-state index in [1.54, 1.807) is 0 Å². The molecule has 1 aromatic carbocycles. The summed E-state index contributed by atoms with van der Waals surface area (Å²) in [6.45, 7) is 0.557. The summed E-state index contributed by atoms with van der Waals surface area (Å²) in [6, 6.07) is 2.11. The zero-order valence-corrected chi connectivity index (χ0v) is 10.5. The van der Waals surface area contributed by atoms with Crippen LogP contribution in [0.2, 0.25) is 0 Å². The fourth-order valence-corrected chi connectivity index (χ4v) is 1.79. The van der Waals surface area contributed by atoms with Crippen molar-refractivity contribution in [2.75, 3.05) is 13.7 Å². The lowest BCUT2D eigenvalue weighted by atomic mass is 10.1. The van der Waals surface area contributed by atoms with E-state index in [-0.39, 0.29) is 11.3 Å². The molecule has 0 fully saturated rings. The summed E-state index contributed by atoms with van der Waals surface area (Å²) in [5.41, 5.74) is 5.97. The third-order valence-electron chi connectivity index (χ3n) is 2.78. The molecule has 0 spiro atoms. The van der Waals surface area contributed by atoms with Gasteiger partial charge in [-0.15, -0.1) is 0 Å². The number of aromatic nitrogens is 2. The quantitative estimate of drug-likeness (QED) is 0.873. The Morgan fingerprint density at radius 3 is 2.79 bits per heavy atom. The van der Waals surface area contributed by atoms with Gasteiger partial charge in [0.15, 0.2) is 11.6 Å².